The molecule has 0 atom stereocenters. The summed E-state index contributed by atoms with van der Waals surface area (Å²) in [7, 11) is 0. The highest BCUT2D eigenvalue weighted by atomic mass is 16.5. The number of hydrogen-bond acceptors (Lipinski definition) is 2. The third-order valence-electron chi connectivity index (χ3n) is 3.01. The molecule has 0 radical (unpaired) electrons. The van der Waals surface area contributed by atoms with Crippen LogP contribution in [-0.4, -0.2) is 11.6 Å². The Bertz CT molecular complexity index is 587. The second-order valence-corrected chi connectivity index (χ2v) is 4.40. The number of hydrogen-bond donors (Lipinski definition) is 1. The summed E-state index contributed by atoms with van der Waals surface area (Å²) in [6.07, 6.45) is 3.18. The van der Waals surface area contributed by atoms with Crippen molar-refractivity contribution in [3.05, 3.63) is 40.2 Å². The highest BCUT2D eigenvalue weighted by molar-refractivity contribution is 5.83. The Morgan fingerprint density at radius 2 is 2.06 bits per heavy atom. The van der Waals surface area contributed by atoms with Gasteiger partial charge in [-0.25, -0.2) is 0 Å². The van der Waals surface area contributed by atoms with Crippen LogP contribution in [0.25, 0.3) is 10.9 Å². The lowest BCUT2D eigenvalue weighted by Crippen LogP contribution is -2.07. The molecule has 0 amide bonds. The molecule has 0 aliphatic rings. The third-order valence-corrected chi connectivity index (χ3v) is 3.01. The van der Waals surface area contributed by atoms with Gasteiger partial charge in [0, 0.05) is 17.5 Å². The topological polar surface area (TPSA) is 42.1 Å². The van der Waals surface area contributed by atoms with Crippen LogP contribution in [0, 0.1) is 0 Å². The number of fused-ring (bicyclic) bond motifs is 1. The largest absolute Gasteiger partial charge is 0.494 e. The minimum atomic E-state index is -0.0396. The maximum Gasteiger partial charge on any atom is 0.248 e. The van der Waals surface area contributed by atoms with Gasteiger partial charge in [-0.15, -0.1) is 0 Å². The van der Waals surface area contributed by atoms with Crippen LogP contribution < -0.4 is 10.3 Å². The smallest absolute Gasteiger partial charge is 0.248 e. The quantitative estimate of drug-likeness (QED) is 0.878. The normalized spacial score (nSPS) is 10.8. The van der Waals surface area contributed by atoms with Crippen molar-refractivity contribution in [3.8, 4) is 5.75 Å². The molecule has 3 heteroatoms. The molecule has 2 aromatic rings. The molecule has 1 aromatic carbocycles. The molecule has 3 nitrogen and oxygen atoms in total. The predicted octanol–water partition coefficient (Wildman–Crippen LogP) is 3.27. The van der Waals surface area contributed by atoms with E-state index in [1.807, 2.05) is 25.1 Å². The van der Waals surface area contributed by atoms with Crippen LogP contribution in [0.15, 0.2) is 29.1 Å². The molecule has 2 rings (SSSR count). The van der Waals surface area contributed by atoms with Crippen molar-refractivity contribution in [2.24, 2.45) is 0 Å². The summed E-state index contributed by atoms with van der Waals surface area (Å²) in [5.41, 5.74) is 1.94. The first-order valence-corrected chi connectivity index (χ1v) is 6.53. The molecule has 18 heavy (non-hydrogen) atoms. The van der Waals surface area contributed by atoms with Crippen molar-refractivity contribution in [2.75, 3.05) is 6.61 Å². The molecule has 0 aliphatic heterocycles. The summed E-state index contributed by atoms with van der Waals surface area (Å²) < 4.78 is 5.45. The number of nitrogens with one attached hydrogen (secondary N) is 1. The number of benzene rings is 1. The molecular weight excluding hydrogens is 226 g/mol. The van der Waals surface area contributed by atoms with E-state index in [9.17, 15) is 4.79 Å². The van der Waals surface area contributed by atoms with Gasteiger partial charge in [0.25, 0.3) is 0 Å². The average molecular weight is 245 g/mol. The summed E-state index contributed by atoms with van der Waals surface area (Å²) in [5.74, 6) is 0.799. The molecule has 0 aliphatic carbocycles. The molecule has 1 N–H and O–H groups in total. The highest BCUT2D eigenvalue weighted by Gasteiger charge is 2.04. The van der Waals surface area contributed by atoms with Crippen LogP contribution in [0.1, 0.15) is 32.3 Å². The maximum absolute atomic E-state index is 11.6. The summed E-state index contributed by atoms with van der Waals surface area (Å²) in [4.78, 5) is 14.5. The van der Waals surface area contributed by atoms with Gasteiger partial charge in [-0.1, -0.05) is 13.3 Å². The molecule has 0 unspecified atom stereocenters. The van der Waals surface area contributed by atoms with Crippen LogP contribution in [0.4, 0.5) is 0 Å². The Labute approximate surface area is 107 Å². The van der Waals surface area contributed by atoms with E-state index in [-0.39, 0.29) is 5.56 Å². The minimum Gasteiger partial charge on any atom is -0.494 e. The minimum absolute atomic E-state index is 0.0396. The van der Waals surface area contributed by atoms with Gasteiger partial charge in [0.15, 0.2) is 0 Å². The number of rotatable bonds is 5. The molecule has 0 spiro atoms. The molecule has 0 saturated carbocycles. The summed E-state index contributed by atoms with van der Waals surface area (Å²) >= 11 is 0. The van der Waals surface area contributed by atoms with Crippen LogP contribution in [0.3, 0.4) is 0 Å². The monoisotopic (exact) mass is 245 g/mol. The average Bonchev–Trinajstić information content (AvgIpc) is 2.35. The fraction of sp³-hybridized carbons (Fsp3) is 0.400. The standard InChI is InChI=1S/C15H19NO2/c1-3-5-6-11-9-15(17)16-14-10-12(18-4-2)7-8-13(11)14/h7-10H,3-6H2,1-2H3,(H,16,17). The first-order chi connectivity index (χ1) is 8.74. The highest BCUT2D eigenvalue weighted by Crippen LogP contribution is 2.22. The zero-order valence-electron chi connectivity index (χ0n) is 11.0. The van der Waals surface area contributed by atoms with E-state index in [0.29, 0.717) is 6.61 Å². The zero-order chi connectivity index (χ0) is 13.0. The van der Waals surface area contributed by atoms with Crippen LogP contribution in [0.5, 0.6) is 5.75 Å². The lowest BCUT2D eigenvalue weighted by molar-refractivity contribution is 0.340. The van der Waals surface area contributed by atoms with Gasteiger partial charge in [-0.05, 0) is 37.5 Å². The fourth-order valence-corrected chi connectivity index (χ4v) is 2.14. The van der Waals surface area contributed by atoms with Gasteiger partial charge in [0.2, 0.25) is 5.56 Å². The van der Waals surface area contributed by atoms with E-state index in [0.717, 1.165) is 41.5 Å². The van der Waals surface area contributed by atoms with Crippen LogP contribution >= 0.6 is 0 Å². The summed E-state index contributed by atoms with van der Waals surface area (Å²) in [6.45, 7) is 4.73. The Balaban J connectivity index is 2.48. The number of aryl methyl sites for hydroxylation is 1. The number of unbranched alkanes of at least 4 members (excludes halogenated alkanes) is 1. The van der Waals surface area contributed by atoms with Gasteiger partial charge < -0.3 is 9.72 Å². The zero-order valence-corrected chi connectivity index (χ0v) is 11.0. The van der Waals surface area contributed by atoms with E-state index in [1.54, 1.807) is 6.07 Å². The van der Waals surface area contributed by atoms with E-state index in [2.05, 4.69) is 11.9 Å². The van der Waals surface area contributed by atoms with Gasteiger partial charge in [-0.2, -0.15) is 0 Å². The molecule has 0 bridgehead atoms. The number of aromatic nitrogens is 1. The molecule has 0 fully saturated rings. The van der Waals surface area contributed by atoms with Gasteiger partial charge in [0.1, 0.15) is 5.75 Å². The van der Waals surface area contributed by atoms with Crippen LogP contribution in [-0.2, 0) is 6.42 Å². The van der Waals surface area contributed by atoms with Crippen molar-refractivity contribution in [1.29, 1.82) is 0 Å². The first-order valence-electron chi connectivity index (χ1n) is 6.53. The van der Waals surface area contributed by atoms with Crippen molar-refractivity contribution >= 4 is 10.9 Å². The predicted molar refractivity (Wildman–Crippen MR) is 74.3 cm³/mol. The van der Waals surface area contributed by atoms with Gasteiger partial charge >= 0.3 is 0 Å². The van der Waals surface area contributed by atoms with Gasteiger partial charge in [0.05, 0.1) is 12.1 Å². The molecule has 96 valence electrons. The van der Waals surface area contributed by atoms with Crippen molar-refractivity contribution < 1.29 is 4.74 Å². The Kier molecular flexibility index (Phi) is 4.03. The van der Waals surface area contributed by atoms with Crippen molar-refractivity contribution in [2.45, 2.75) is 33.1 Å². The van der Waals surface area contributed by atoms with E-state index < -0.39 is 0 Å². The van der Waals surface area contributed by atoms with Crippen molar-refractivity contribution in [3.63, 3.8) is 0 Å². The maximum atomic E-state index is 11.6. The number of pyridine rings is 1. The molecular formula is C15H19NO2. The second kappa shape index (κ2) is 5.71. The molecule has 1 aromatic heterocycles. The van der Waals surface area contributed by atoms with Crippen molar-refractivity contribution in [1.82, 2.24) is 4.98 Å². The first kappa shape index (κ1) is 12.7. The van der Waals surface area contributed by atoms with Gasteiger partial charge in [-0.3, -0.25) is 4.79 Å². The Morgan fingerprint density at radius 1 is 1.22 bits per heavy atom. The van der Waals surface area contributed by atoms with E-state index >= 15 is 0 Å². The Hall–Kier alpha value is -1.77. The number of aromatic amines is 1. The number of H-pyrrole nitrogens is 1. The van der Waals surface area contributed by atoms with E-state index in [1.165, 1.54) is 0 Å². The molecule has 1 heterocycles. The summed E-state index contributed by atoms with van der Waals surface area (Å²) in [5, 5.41) is 1.12. The Morgan fingerprint density at radius 3 is 2.78 bits per heavy atom. The van der Waals surface area contributed by atoms with Crippen LogP contribution in [0.2, 0.25) is 0 Å². The number of ether oxygens (including phenoxy) is 1. The second-order valence-electron chi connectivity index (χ2n) is 4.40. The SMILES string of the molecule is CCCCc1cc(=O)[nH]c2cc(OCC)ccc12. The third kappa shape index (κ3) is 2.73. The fourth-order valence-electron chi connectivity index (χ4n) is 2.14. The summed E-state index contributed by atoms with van der Waals surface area (Å²) in [6, 6.07) is 7.59. The lowest BCUT2D eigenvalue weighted by atomic mass is 10.0. The molecule has 0 saturated heterocycles. The van der Waals surface area contributed by atoms with E-state index in [4.69, 9.17) is 4.74 Å². The lowest BCUT2D eigenvalue weighted by Gasteiger charge is -2.08.